The van der Waals surface area contributed by atoms with E-state index in [9.17, 15) is 4.79 Å². The average Bonchev–Trinajstić information content (AvgIpc) is 3.24. The number of fused-ring (bicyclic) bond motifs is 5. The molecule has 0 spiro atoms. The fourth-order valence-corrected chi connectivity index (χ4v) is 5.02. The van der Waals surface area contributed by atoms with E-state index in [-0.39, 0.29) is 17.5 Å². The number of carbonyl (C=O) groups is 1. The van der Waals surface area contributed by atoms with Gasteiger partial charge in [-0.15, -0.1) is 0 Å². The number of carbonyl (C=O) groups excluding carboxylic acids is 1. The number of benzene rings is 2. The van der Waals surface area contributed by atoms with Crippen LogP contribution in [0.4, 0.5) is 0 Å². The maximum Gasteiger partial charge on any atom is 0.243 e. The Morgan fingerprint density at radius 3 is 2.59 bits per heavy atom. The van der Waals surface area contributed by atoms with E-state index < -0.39 is 0 Å². The van der Waals surface area contributed by atoms with Crippen LogP contribution in [0.5, 0.6) is 5.75 Å². The summed E-state index contributed by atoms with van der Waals surface area (Å²) in [7, 11) is 1.67. The smallest absolute Gasteiger partial charge is 0.243 e. The Morgan fingerprint density at radius 1 is 1.11 bits per heavy atom. The van der Waals surface area contributed by atoms with E-state index in [1.54, 1.807) is 7.11 Å². The van der Waals surface area contributed by atoms with E-state index in [4.69, 9.17) is 4.74 Å². The summed E-state index contributed by atoms with van der Waals surface area (Å²) in [6.07, 6.45) is 3.72. The van der Waals surface area contributed by atoms with Crippen LogP contribution in [0.15, 0.2) is 54.2 Å². The first-order valence-corrected chi connectivity index (χ1v) is 9.55. The SMILES string of the molecule is COc1ccc(/C=C2\C3Cc4ccccc4C3N3N2C(=O)CC3(C)C)cc1. The Labute approximate surface area is 160 Å². The molecule has 4 nitrogen and oxygen atoms in total. The highest BCUT2D eigenvalue weighted by atomic mass is 16.5. The van der Waals surface area contributed by atoms with E-state index in [0.717, 1.165) is 23.4 Å². The first kappa shape index (κ1) is 16.6. The number of rotatable bonds is 2. The van der Waals surface area contributed by atoms with Crippen LogP contribution in [0.3, 0.4) is 0 Å². The number of methoxy groups -OCH3 is 1. The van der Waals surface area contributed by atoms with Crippen molar-refractivity contribution in [2.45, 2.75) is 38.3 Å². The number of amides is 1. The highest BCUT2D eigenvalue weighted by molar-refractivity contribution is 5.83. The topological polar surface area (TPSA) is 32.8 Å². The molecule has 2 saturated heterocycles. The van der Waals surface area contributed by atoms with Gasteiger partial charge in [0, 0.05) is 23.6 Å². The van der Waals surface area contributed by atoms with Crippen LogP contribution in [-0.2, 0) is 11.2 Å². The van der Waals surface area contributed by atoms with Crippen molar-refractivity contribution in [2.75, 3.05) is 7.11 Å². The van der Waals surface area contributed by atoms with Crippen LogP contribution in [0, 0.1) is 5.92 Å². The summed E-state index contributed by atoms with van der Waals surface area (Å²) in [5.41, 5.74) is 4.82. The molecule has 0 aromatic heterocycles. The Morgan fingerprint density at radius 2 is 1.85 bits per heavy atom. The first-order chi connectivity index (χ1) is 13.0. The van der Waals surface area contributed by atoms with Gasteiger partial charge in [-0.25, -0.2) is 5.01 Å². The van der Waals surface area contributed by atoms with Gasteiger partial charge in [0.25, 0.3) is 0 Å². The molecule has 2 fully saturated rings. The largest absolute Gasteiger partial charge is 0.497 e. The zero-order valence-electron chi connectivity index (χ0n) is 16.0. The summed E-state index contributed by atoms with van der Waals surface area (Å²) < 4.78 is 5.27. The maximum atomic E-state index is 12.9. The third-order valence-electron chi connectivity index (χ3n) is 6.17. The van der Waals surface area contributed by atoms with Gasteiger partial charge < -0.3 is 4.74 Å². The lowest BCUT2D eigenvalue weighted by atomic mass is 9.92. The lowest BCUT2D eigenvalue weighted by Crippen LogP contribution is -2.43. The fraction of sp³-hybridized carbons (Fsp3) is 0.348. The Kier molecular flexibility index (Phi) is 3.50. The second kappa shape index (κ2) is 5.70. The summed E-state index contributed by atoms with van der Waals surface area (Å²) in [4.78, 5) is 12.9. The molecular weight excluding hydrogens is 336 g/mol. The van der Waals surface area contributed by atoms with Crippen LogP contribution in [0.1, 0.15) is 43.0 Å². The Hall–Kier alpha value is -2.59. The van der Waals surface area contributed by atoms with Crippen LogP contribution in [0.2, 0.25) is 0 Å². The summed E-state index contributed by atoms with van der Waals surface area (Å²) >= 11 is 0. The minimum atomic E-state index is -0.174. The van der Waals surface area contributed by atoms with E-state index in [1.807, 2.05) is 17.1 Å². The van der Waals surface area contributed by atoms with Crippen molar-refractivity contribution >= 4 is 12.0 Å². The van der Waals surface area contributed by atoms with Crippen molar-refractivity contribution in [3.05, 3.63) is 70.9 Å². The molecule has 1 amide bonds. The normalized spacial score (nSPS) is 27.0. The number of hydrazine groups is 1. The first-order valence-electron chi connectivity index (χ1n) is 9.55. The van der Waals surface area contributed by atoms with Gasteiger partial charge in [-0.2, -0.15) is 5.01 Å². The zero-order valence-corrected chi connectivity index (χ0v) is 16.0. The van der Waals surface area contributed by atoms with Crippen LogP contribution in [0.25, 0.3) is 6.08 Å². The van der Waals surface area contributed by atoms with Crippen molar-refractivity contribution in [2.24, 2.45) is 5.92 Å². The molecule has 2 aromatic carbocycles. The lowest BCUT2D eigenvalue weighted by molar-refractivity contribution is -0.134. The van der Waals surface area contributed by atoms with Gasteiger partial charge in [0.1, 0.15) is 5.75 Å². The van der Waals surface area contributed by atoms with Crippen molar-refractivity contribution in [1.29, 1.82) is 0 Å². The molecule has 2 aliphatic heterocycles. The van der Waals surface area contributed by atoms with Gasteiger partial charge in [-0.3, -0.25) is 4.79 Å². The predicted molar refractivity (Wildman–Crippen MR) is 105 cm³/mol. The minimum absolute atomic E-state index is 0.174. The van der Waals surface area contributed by atoms with Crippen molar-refractivity contribution in [3.63, 3.8) is 0 Å². The number of hydrogen-bond acceptors (Lipinski definition) is 3. The van der Waals surface area contributed by atoms with Gasteiger partial charge in [0.05, 0.1) is 13.2 Å². The summed E-state index contributed by atoms with van der Waals surface area (Å²) in [6.45, 7) is 4.36. The second-order valence-electron chi connectivity index (χ2n) is 8.34. The fourth-order valence-electron chi connectivity index (χ4n) is 5.02. The molecule has 2 atom stereocenters. The predicted octanol–water partition coefficient (Wildman–Crippen LogP) is 4.19. The van der Waals surface area contributed by atoms with Crippen molar-refractivity contribution in [3.8, 4) is 5.75 Å². The highest BCUT2D eigenvalue weighted by Gasteiger charge is 2.59. The highest BCUT2D eigenvalue weighted by Crippen LogP contribution is 2.57. The van der Waals surface area contributed by atoms with Gasteiger partial charge in [0.2, 0.25) is 5.91 Å². The molecule has 138 valence electrons. The summed E-state index contributed by atoms with van der Waals surface area (Å²) in [6, 6.07) is 17.0. The van der Waals surface area contributed by atoms with E-state index in [1.165, 1.54) is 11.1 Å². The Bertz CT molecular complexity index is 945. The van der Waals surface area contributed by atoms with Crippen LogP contribution < -0.4 is 4.74 Å². The summed E-state index contributed by atoms with van der Waals surface area (Å²) in [5.74, 6) is 1.36. The molecule has 0 radical (unpaired) electrons. The van der Waals surface area contributed by atoms with E-state index >= 15 is 0 Å². The number of ether oxygens (including phenoxy) is 1. The van der Waals surface area contributed by atoms with Crippen LogP contribution in [-0.4, -0.2) is 28.6 Å². The second-order valence-corrected chi connectivity index (χ2v) is 8.34. The molecule has 4 heteroatoms. The summed E-state index contributed by atoms with van der Waals surface area (Å²) in [5, 5.41) is 4.30. The van der Waals surface area contributed by atoms with E-state index in [2.05, 4.69) is 61.3 Å². The van der Waals surface area contributed by atoms with Gasteiger partial charge in [-0.05, 0) is 55.2 Å². The van der Waals surface area contributed by atoms with Crippen molar-refractivity contribution < 1.29 is 9.53 Å². The van der Waals surface area contributed by atoms with Crippen molar-refractivity contribution in [1.82, 2.24) is 10.0 Å². The zero-order chi connectivity index (χ0) is 18.8. The van der Waals surface area contributed by atoms with Gasteiger partial charge in [-0.1, -0.05) is 36.4 Å². The molecule has 2 unspecified atom stereocenters. The lowest BCUT2D eigenvalue weighted by Gasteiger charge is -2.35. The van der Waals surface area contributed by atoms with E-state index in [0.29, 0.717) is 12.3 Å². The molecule has 2 heterocycles. The molecule has 3 aliphatic rings. The van der Waals surface area contributed by atoms with Crippen LogP contribution >= 0.6 is 0 Å². The standard InChI is InChI=1S/C23H24N2O2/c1-23(2)14-21(26)24-20(12-15-8-10-17(27-3)11-9-15)19-13-16-6-4-5-7-18(16)22(19)25(23)24/h4-12,19,22H,13-14H2,1-3H3/b20-12+. The molecular formula is C23H24N2O2. The monoisotopic (exact) mass is 360 g/mol. The minimum Gasteiger partial charge on any atom is -0.497 e. The van der Waals surface area contributed by atoms with Gasteiger partial charge in [0.15, 0.2) is 0 Å². The third-order valence-corrected chi connectivity index (χ3v) is 6.17. The molecule has 1 aliphatic carbocycles. The third kappa shape index (κ3) is 2.36. The number of nitrogens with zero attached hydrogens (tertiary/aromatic N) is 2. The Balaban J connectivity index is 1.63. The number of hydrogen-bond donors (Lipinski definition) is 0. The molecule has 0 N–H and O–H groups in total. The molecule has 0 saturated carbocycles. The molecule has 2 aromatic rings. The van der Waals surface area contributed by atoms with Gasteiger partial charge >= 0.3 is 0 Å². The quantitative estimate of drug-likeness (QED) is 0.805. The molecule has 27 heavy (non-hydrogen) atoms. The maximum absolute atomic E-state index is 12.9. The molecule has 0 bridgehead atoms. The average molecular weight is 360 g/mol. The molecule has 5 rings (SSSR count).